The molecule has 0 bridgehead atoms. The largest absolute Gasteiger partial charge is 0.480 e. The summed E-state index contributed by atoms with van der Waals surface area (Å²) in [6.45, 7) is 1.07. The minimum atomic E-state index is -4.26. The minimum absolute atomic E-state index is 0.0185. The molecular weight excluding hydrogens is 592 g/mol. The summed E-state index contributed by atoms with van der Waals surface area (Å²) in [5.41, 5.74) is 0.569. The highest BCUT2D eigenvalue weighted by Crippen LogP contribution is 2.34. The van der Waals surface area contributed by atoms with E-state index in [0.29, 0.717) is 5.56 Å². The van der Waals surface area contributed by atoms with Crippen LogP contribution in [0.2, 0.25) is 5.02 Å². The Hall–Kier alpha value is -2.69. The fraction of sp³-hybridized carbons (Fsp3) is 0.348. The van der Waals surface area contributed by atoms with E-state index in [0.717, 1.165) is 28.8 Å². The molecule has 0 fully saturated rings. The van der Waals surface area contributed by atoms with Crippen molar-refractivity contribution in [3.05, 3.63) is 53.1 Å². The van der Waals surface area contributed by atoms with Gasteiger partial charge < -0.3 is 15.3 Å². The van der Waals surface area contributed by atoms with Crippen LogP contribution in [-0.2, 0) is 29.6 Å². The van der Waals surface area contributed by atoms with Crippen LogP contribution in [0.1, 0.15) is 30.1 Å². The number of sulfonamides is 2. The molecule has 2 unspecified atom stereocenters. The highest BCUT2D eigenvalue weighted by Gasteiger charge is 2.32. The summed E-state index contributed by atoms with van der Waals surface area (Å²) in [6.07, 6.45) is -0.454. The summed E-state index contributed by atoms with van der Waals surface area (Å²) in [6, 6.07) is 10.6. The van der Waals surface area contributed by atoms with Gasteiger partial charge in [0.25, 0.3) is 0 Å². The minimum Gasteiger partial charge on any atom is -0.480 e. The van der Waals surface area contributed by atoms with Crippen molar-refractivity contribution in [2.24, 2.45) is 11.1 Å². The summed E-state index contributed by atoms with van der Waals surface area (Å²) in [4.78, 5) is 37.0. The highest BCUT2D eigenvalue weighted by atomic mass is 35.5. The van der Waals surface area contributed by atoms with E-state index in [9.17, 15) is 36.3 Å². The van der Waals surface area contributed by atoms with Crippen molar-refractivity contribution in [3.63, 3.8) is 0 Å². The molecule has 0 aliphatic carbocycles. The molecule has 5 N–H and O–H groups in total. The van der Waals surface area contributed by atoms with Gasteiger partial charge in [0.1, 0.15) is 16.3 Å². The number of aliphatic carboxylic acids is 1. The van der Waals surface area contributed by atoms with E-state index in [1.165, 1.54) is 0 Å². The summed E-state index contributed by atoms with van der Waals surface area (Å²) in [7, 11) is -8.39. The van der Waals surface area contributed by atoms with E-state index in [4.69, 9.17) is 16.7 Å². The van der Waals surface area contributed by atoms with Gasteiger partial charge in [0.2, 0.25) is 31.1 Å². The number of nitrogens with two attached hydrogens (primary N) is 1. The molecule has 1 aliphatic rings. The lowest BCUT2D eigenvalue weighted by atomic mass is 10.1. The Bertz CT molecular complexity index is 1470. The van der Waals surface area contributed by atoms with Gasteiger partial charge in [0, 0.05) is 23.8 Å². The van der Waals surface area contributed by atoms with Crippen molar-refractivity contribution < 1.29 is 36.3 Å². The molecule has 1 heterocycles. The zero-order valence-electron chi connectivity index (χ0n) is 20.7. The lowest BCUT2D eigenvalue weighted by Crippen LogP contribution is -2.45. The summed E-state index contributed by atoms with van der Waals surface area (Å²) < 4.78 is 51.3. The third-order valence-corrected chi connectivity index (χ3v) is 9.76. The van der Waals surface area contributed by atoms with Crippen molar-refractivity contribution >= 4 is 66.1 Å². The molecule has 1 aliphatic heterocycles. The molecule has 2 atom stereocenters. The molecule has 0 radical (unpaired) electrons. The molecule has 3 rings (SSSR count). The molecule has 2 aromatic rings. The molecule has 0 aromatic heterocycles. The first-order valence-corrected chi connectivity index (χ1v) is 16.0. The van der Waals surface area contributed by atoms with Crippen LogP contribution in [-0.4, -0.2) is 68.8 Å². The predicted molar refractivity (Wildman–Crippen MR) is 146 cm³/mol. The smallest absolute Gasteiger partial charge is 0.323 e. The molecule has 16 heteroatoms. The number of rotatable bonds is 11. The third kappa shape index (κ3) is 8.16. The van der Waals surface area contributed by atoms with Gasteiger partial charge in [0.15, 0.2) is 0 Å². The number of primary sulfonamides is 1. The number of hydrogen-bond donors (Lipinski definition) is 4. The number of carbonyl (C=O) groups is 3. The number of carbonyl (C=O) groups excluding carboxylic acids is 2. The lowest BCUT2D eigenvalue weighted by Gasteiger charge is -2.30. The number of hydrogen-bond acceptors (Lipinski definition) is 9. The SMILES string of the molecule is CC(CSC(=O)c1ccccc1)C(=O)N(CCCC1Nc2cc(Cl)c(S(N)(=O)=O)cc2S(=O)(=O)N1)CC(=O)O. The molecule has 0 saturated carbocycles. The average molecular weight is 619 g/mol. The number of thioether (sulfide) groups is 1. The van der Waals surface area contributed by atoms with Crippen LogP contribution in [0.5, 0.6) is 0 Å². The maximum absolute atomic E-state index is 13.0. The standard InChI is InChI=1S/C23H27ClN4O8S3/c1-14(13-37-23(32)15-6-3-2-4-7-15)22(31)28(12-21(29)30)9-5-8-20-26-17-10-16(24)18(38(25,33)34)11-19(17)39(35,36)27-20/h2-4,6-7,10-11,14,20,26-27H,5,8-9,12-13H2,1H3,(H,29,30)(H2,25,33,34). The number of nitrogens with one attached hydrogen (secondary N) is 2. The Morgan fingerprint density at radius 1 is 1.21 bits per heavy atom. The van der Waals surface area contributed by atoms with Gasteiger partial charge in [-0.15, -0.1) is 0 Å². The first-order valence-electron chi connectivity index (χ1n) is 11.6. The summed E-state index contributed by atoms with van der Waals surface area (Å²) in [5.74, 6) is -2.15. The number of benzene rings is 2. The molecule has 1 amide bonds. The first kappa shape index (κ1) is 30.8. The Balaban J connectivity index is 1.62. The number of halogens is 1. The van der Waals surface area contributed by atoms with Gasteiger partial charge in [0.05, 0.1) is 16.9 Å². The van der Waals surface area contributed by atoms with Gasteiger partial charge in [-0.1, -0.05) is 60.6 Å². The van der Waals surface area contributed by atoms with Crippen LogP contribution in [0.15, 0.2) is 52.3 Å². The fourth-order valence-corrected chi connectivity index (χ4v) is 7.22. The maximum Gasteiger partial charge on any atom is 0.323 e. The number of carboxylic acids is 1. The molecule has 0 spiro atoms. The fourth-order valence-electron chi connectivity index (χ4n) is 3.84. The van der Waals surface area contributed by atoms with Crippen LogP contribution >= 0.6 is 23.4 Å². The zero-order chi connectivity index (χ0) is 29.0. The van der Waals surface area contributed by atoms with E-state index >= 15 is 0 Å². The predicted octanol–water partition coefficient (Wildman–Crippen LogP) is 1.92. The topological polar surface area (TPSA) is 193 Å². The second kappa shape index (κ2) is 12.7. The van der Waals surface area contributed by atoms with Crippen LogP contribution in [0.3, 0.4) is 0 Å². The molecule has 0 saturated heterocycles. The second-order valence-electron chi connectivity index (χ2n) is 8.80. The Kier molecular flexibility index (Phi) is 10.0. The van der Waals surface area contributed by atoms with Crippen LogP contribution < -0.4 is 15.2 Å². The van der Waals surface area contributed by atoms with E-state index in [1.54, 1.807) is 37.3 Å². The van der Waals surface area contributed by atoms with Gasteiger partial charge in [-0.05, 0) is 25.0 Å². The van der Waals surface area contributed by atoms with E-state index in [1.807, 2.05) is 0 Å². The van der Waals surface area contributed by atoms with Crippen LogP contribution in [0, 0.1) is 5.92 Å². The summed E-state index contributed by atoms with van der Waals surface area (Å²) in [5, 5.41) is 16.9. The third-order valence-electron chi connectivity index (χ3n) is 5.71. The molecule has 12 nitrogen and oxygen atoms in total. The van der Waals surface area contributed by atoms with Crippen molar-refractivity contribution in [2.45, 2.75) is 35.7 Å². The maximum atomic E-state index is 13.0. The van der Waals surface area contributed by atoms with Gasteiger partial charge in [-0.3, -0.25) is 14.4 Å². The molecule has 212 valence electrons. The van der Waals surface area contributed by atoms with E-state index in [-0.39, 0.29) is 45.9 Å². The van der Waals surface area contributed by atoms with Crippen molar-refractivity contribution in [1.29, 1.82) is 0 Å². The Labute approximate surface area is 235 Å². The quantitative estimate of drug-likeness (QED) is 0.289. The van der Waals surface area contributed by atoms with Crippen LogP contribution in [0.25, 0.3) is 0 Å². The monoisotopic (exact) mass is 618 g/mol. The number of carboxylic acid groups (broad SMARTS) is 1. The Morgan fingerprint density at radius 2 is 1.87 bits per heavy atom. The van der Waals surface area contributed by atoms with E-state index < -0.39 is 55.4 Å². The zero-order valence-corrected chi connectivity index (χ0v) is 23.9. The number of anilines is 1. The lowest BCUT2D eigenvalue weighted by molar-refractivity contribution is -0.145. The number of fused-ring (bicyclic) bond motifs is 1. The summed E-state index contributed by atoms with van der Waals surface area (Å²) >= 11 is 6.96. The average Bonchev–Trinajstić information content (AvgIpc) is 2.84. The van der Waals surface area contributed by atoms with Crippen molar-refractivity contribution in [3.8, 4) is 0 Å². The highest BCUT2D eigenvalue weighted by molar-refractivity contribution is 8.14. The first-order chi connectivity index (χ1) is 18.2. The Morgan fingerprint density at radius 3 is 2.49 bits per heavy atom. The van der Waals surface area contributed by atoms with Gasteiger partial charge in [-0.25, -0.2) is 22.0 Å². The van der Waals surface area contributed by atoms with E-state index in [2.05, 4.69) is 10.0 Å². The van der Waals surface area contributed by atoms with Crippen molar-refractivity contribution in [1.82, 2.24) is 9.62 Å². The second-order valence-corrected chi connectivity index (χ2v) is 13.4. The van der Waals surface area contributed by atoms with Crippen molar-refractivity contribution in [2.75, 3.05) is 24.2 Å². The normalized spacial score (nSPS) is 16.9. The number of amides is 1. The molecule has 2 aromatic carbocycles. The van der Waals surface area contributed by atoms with Gasteiger partial charge in [-0.2, -0.15) is 4.72 Å². The molecular formula is C23H27ClN4O8S3. The van der Waals surface area contributed by atoms with Gasteiger partial charge >= 0.3 is 5.97 Å². The van der Waals surface area contributed by atoms with Crippen LogP contribution in [0.4, 0.5) is 5.69 Å². The molecule has 39 heavy (non-hydrogen) atoms. The number of nitrogens with zero attached hydrogens (tertiary/aromatic N) is 1.